The second-order valence-electron chi connectivity index (χ2n) is 14.3. The van der Waals surface area contributed by atoms with Crippen LogP contribution in [-0.4, -0.2) is 33.6 Å². The number of fused-ring (bicyclic) bond motifs is 9. The maximum absolute atomic E-state index is 5.56. The number of nitrogens with zero attached hydrogens (tertiary/aromatic N) is 7. The molecule has 12 rings (SSSR count). The van der Waals surface area contributed by atoms with Gasteiger partial charge in [-0.1, -0.05) is 109 Å². The SMILES string of the molecule is c1ccc(-c2cc(-n3c4ccccc4c4ccccc43)nc(-c3cccc(-n4c5ccccc5c5cnccc54)c3-n3c4ccccc4c4cnccc43)n2)cc1. The Morgan fingerprint density at radius 1 is 0.368 bits per heavy atom. The fraction of sp³-hybridized carbons (Fsp3) is 0. The molecule has 7 heteroatoms. The van der Waals surface area contributed by atoms with E-state index in [0.717, 1.165) is 88.7 Å². The standard InChI is InChI=1S/C50H31N7/c1-2-13-32(14-3-1)40-29-48(56-42-21-9-4-15-33(42)34-16-5-10-22-43(34)56)54-50(53-40)37-19-12-24-47(55-41-20-8-6-17-35(41)38-30-51-27-25-45(38)55)49(37)57-44-23-11-7-18-36(44)39-31-52-28-26-46(39)57/h1-31H. The summed E-state index contributed by atoms with van der Waals surface area (Å²) in [5.74, 6) is 1.41. The number of aromatic nitrogens is 7. The Hall–Kier alpha value is -7.90. The van der Waals surface area contributed by atoms with Crippen LogP contribution in [0.3, 0.4) is 0 Å². The molecule has 0 aliphatic carbocycles. The Labute approximate surface area is 326 Å². The number of pyridine rings is 2. The summed E-state index contributed by atoms with van der Waals surface area (Å²) in [7, 11) is 0. The first-order valence-corrected chi connectivity index (χ1v) is 19.1. The number of para-hydroxylation sites is 5. The van der Waals surface area contributed by atoms with E-state index in [2.05, 4.69) is 181 Å². The number of benzene rings is 6. The molecule has 0 bridgehead atoms. The van der Waals surface area contributed by atoms with E-state index >= 15 is 0 Å². The van der Waals surface area contributed by atoms with Crippen molar-refractivity contribution in [2.75, 3.05) is 0 Å². The predicted octanol–water partition coefficient (Wildman–Crippen LogP) is 11.9. The molecule has 0 amide bonds. The third-order valence-corrected chi connectivity index (χ3v) is 11.3. The van der Waals surface area contributed by atoms with Gasteiger partial charge in [0.15, 0.2) is 5.82 Å². The van der Waals surface area contributed by atoms with Gasteiger partial charge in [-0.2, -0.15) is 0 Å². The Kier molecular flexibility index (Phi) is 6.79. The minimum atomic E-state index is 0.618. The van der Waals surface area contributed by atoms with Gasteiger partial charge in [-0.25, -0.2) is 9.97 Å². The average Bonchev–Trinajstić information content (AvgIpc) is 3.92. The van der Waals surface area contributed by atoms with E-state index < -0.39 is 0 Å². The Balaban J connectivity index is 1.25. The first-order chi connectivity index (χ1) is 28.3. The van der Waals surface area contributed by atoms with Crippen LogP contribution in [0.5, 0.6) is 0 Å². The Morgan fingerprint density at radius 3 is 1.47 bits per heavy atom. The van der Waals surface area contributed by atoms with Crippen molar-refractivity contribution in [3.63, 3.8) is 0 Å². The van der Waals surface area contributed by atoms with Crippen molar-refractivity contribution in [1.29, 1.82) is 0 Å². The summed E-state index contributed by atoms with van der Waals surface area (Å²) >= 11 is 0. The van der Waals surface area contributed by atoms with Gasteiger partial charge in [0.2, 0.25) is 0 Å². The number of rotatable bonds is 5. The first-order valence-electron chi connectivity index (χ1n) is 19.1. The highest BCUT2D eigenvalue weighted by Gasteiger charge is 2.25. The van der Waals surface area contributed by atoms with Gasteiger partial charge in [0.25, 0.3) is 0 Å². The normalized spacial score (nSPS) is 11.9. The maximum Gasteiger partial charge on any atom is 0.164 e. The summed E-state index contributed by atoms with van der Waals surface area (Å²) in [4.78, 5) is 20.2. The zero-order valence-electron chi connectivity index (χ0n) is 30.5. The Morgan fingerprint density at radius 2 is 0.860 bits per heavy atom. The molecule has 6 aromatic heterocycles. The molecule has 12 aromatic rings. The van der Waals surface area contributed by atoms with Crippen LogP contribution in [0.25, 0.3) is 105 Å². The van der Waals surface area contributed by atoms with E-state index in [1.165, 1.54) is 10.8 Å². The summed E-state index contributed by atoms with van der Waals surface area (Å²) < 4.78 is 7.01. The smallest absolute Gasteiger partial charge is 0.164 e. The van der Waals surface area contributed by atoms with E-state index in [1.54, 1.807) is 0 Å². The van der Waals surface area contributed by atoms with Gasteiger partial charge < -0.3 is 9.13 Å². The lowest BCUT2D eigenvalue weighted by atomic mass is 10.1. The van der Waals surface area contributed by atoms with Crippen LogP contribution < -0.4 is 0 Å². The van der Waals surface area contributed by atoms with Gasteiger partial charge in [0.05, 0.1) is 50.2 Å². The van der Waals surface area contributed by atoms with Gasteiger partial charge >= 0.3 is 0 Å². The van der Waals surface area contributed by atoms with E-state index in [9.17, 15) is 0 Å². The molecule has 57 heavy (non-hydrogen) atoms. The van der Waals surface area contributed by atoms with Gasteiger partial charge in [-0.15, -0.1) is 0 Å². The molecule has 0 atom stereocenters. The van der Waals surface area contributed by atoms with Crippen LogP contribution in [0.4, 0.5) is 0 Å². The van der Waals surface area contributed by atoms with E-state index in [4.69, 9.17) is 9.97 Å². The zero-order valence-corrected chi connectivity index (χ0v) is 30.5. The molecule has 0 unspecified atom stereocenters. The second-order valence-corrected chi connectivity index (χ2v) is 14.3. The van der Waals surface area contributed by atoms with Gasteiger partial charge in [-0.3, -0.25) is 14.5 Å². The second kappa shape index (κ2) is 12.3. The lowest BCUT2D eigenvalue weighted by molar-refractivity contribution is 1.04. The van der Waals surface area contributed by atoms with Gasteiger partial charge in [0, 0.05) is 74.3 Å². The monoisotopic (exact) mass is 729 g/mol. The fourth-order valence-electron chi connectivity index (χ4n) is 8.85. The molecular formula is C50H31N7. The minimum absolute atomic E-state index is 0.618. The lowest BCUT2D eigenvalue weighted by Gasteiger charge is -2.20. The van der Waals surface area contributed by atoms with E-state index in [0.29, 0.717) is 5.82 Å². The van der Waals surface area contributed by atoms with Crippen molar-refractivity contribution < 1.29 is 0 Å². The van der Waals surface area contributed by atoms with Gasteiger partial charge in [0.1, 0.15) is 5.82 Å². The van der Waals surface area contributed by atoms with Gasteiger partial charge in [-0.05, 0) is 48.5 Å². The first kappa shape index (κ1) is 31.5. The molecule has 7 nitrogen and oxygen atoms in total. The molecule has 0 aliphatic heterocycles. The predicted molar refractivity (Wildman–Crippen MR) is 232 cm³/mol. The van der Waals surface area contributed by atoms with Crippen molar-refractivity contribution in [1.82, 2.24) is 33.6 Å². The highest BCUT2D eigenvalue weighted by Crippen LogP contribution is 2.42. The molecule has 0 radical (unpaired) electrons. The summed E-state index contributed by atoms with van der Waals surface area (Å²) in [6.45, 7) is 0. The molecule has 0 saturated heterocycles. The van der Waals surface area contributed by atoms with Crippen molar-refractivity contribution in [2.45, 2.75) is 0 Å². The molecule has 0 spiro atoms. The molecular weight excluding hydrogens is 699 g/mol. The molecule has 0 fully saturated rings. The van der Waals surface area contributed by atoms with Crippen molar-refractivity contribution in [3.8, 4) is 39.8 Å². The molecule has 6 heterocycles. The van der Waals surface area contributed by atoms with Crippen LogP contribution in [0.2, 0.25) is 0 Å². The largest absolute Gasteiger partial charge is 0.307 e. The maximum atomic E-state index is 5.56. The van der Waals surface area contributed by atoms with Crippen LogP contribution in [0.1, 0.15) is 0 Å². The summed E-state index contributed by atoms with van der Waals surface area (Å²) in [5, 5.41) is 6.78. The average molecular weight is 730 g/mol. The summed E-state index contributed by atoms with van der Waals surface area (Å²) in [6, 6.07) is 57.5. The molecule has 0 saturated carbocycles. The third kappa shape index (κ3) is 4.66. The zero-order chi connectivity index (χ0) is 37.5. The molecule has 6 aromatic carbocycles. The molecule has 266 valence electrons. The van der Waals surface area contributed by atoms with Crippen molar-refractivity contribution >= 4 is 65.4 Å². The topological polar surface area (TPSA) is 66.3 Å². The fourth-order valence-corrected chi connectivity index (χ4v) is 8.85. The van der Waals surface area contributed by atoms with E-state index in [-0.39, 0.29) is 0 Å². The highest BCUT2D eigenvalue weighted by molar-refractivity contribution is 6.12. The summed E-state index contributed by atoms with van der Waals surface area (Å²) in [5.41, 5.74) is 11.2. The van der Waals surface area contributed by atoms with E-state index in [1.807, 2.05) is 30.9 Å². The van der Waals surface area contributed by atoms with Crippen LogP contribution in [-0.2, 0) is 0 Å². The van der Waals surface area contributed by atoms with Crippen molar-refractivity contribution in [2.24, 2.45) is 0 Å². The number of hydrogen-bond acceptors (Lipinski definition) is 4. The molecule has 0 N–H and O–H groups in total. The highest BCUT2D eigenvalue weighted by atomic mass is 15.1. The van der Waals surface area contributed by atoms with Crippen molar-refractivity contribution in [3.05, 3.63) is 189 Å². The number of hydrogen-bond donors (Lipinski definition) is 0. The lowest BCUT2D eigenvalue weighted by Crippen LogP contribution is -2.08. The minimum Gasteiger partial charge on any atom is -0.307 e. The van der Waals surface area contributed by atoms with Crippen LogP contribution in [0.15, 0.2) is 189 Å². The van der Waals surface area contributed by atoms with Crippen LogP contribution in [0, 0.1) is 0 Å². The van der Waals surface area contributed by atoms with Crippen LogP contribution >= 0.6 is 0 Å². The summed E-state index contributed by atoms with van der Waals surface area (Å²) in [6.07, 6.45) is 7.68. The Bertz CT molecular complexity index is 3380. The molecule has 0 aliphatic rings. The quantitative estimate of drug-likeness (QED) is 0.177. The third-order valence-electron chi connectivity index (χ3n) is 11.3.